The summed E-state index contributed by atoms with van der Waals surface area (Å²) in [4.78, 5) is 2.39. The van der Waals surface area contributed by atoms with Crippen LogP contribution in [-0.2, 0) is 13.1 Å². The van der Waals surface area contributed by atoms with Gasteiger partial charge in [0.25, 0.3) is 0 Å². The second-order valence-electron chi connectivity index (χ2n) is 4.89. The third kappa shape index (κ3) is 2.69. The fourth-order valence-electron chi connectivity index (χ4n) is 2.43. The molecule has 1 saturated carbocycles. The summed E-state index contributed by atoms with van der Waals surface area (Å²) in [5, 5.41) is 13.7. The highest BCUT2D eigenvalue weighted by Crippen LogP contribution is 2.29. The number of hydrogen-bond donors (Lipinski definition) is 1. The molecule has 0 amide bonds. The first-order chi connectivity index (χ1) is 8.17. The van der Waals surface area contributed by atoms with Crippen LogP contribution in [0.25, 0.3) is 0 Å². The molecule has 1 aliphatic rings. The lowest BCUT2D eigenvalue weighted by Crippen LogP contribution is -2.29. The third-order valence-corrected chi connectivity index (χ3v) is 3.64. The van der Waals surface area contributed by atoms with Gasteiger partial charge in [0, 0.05) is 36.9 Å². The highest BCUT2D eigenvalue weighted by molar-refractivity contribution is 5.24. The van der Waals surface area contributed by atoms with Gasteiger partial charge in [-0.3, -0.25) is 9.58 Å². The smallest absolute Gasteiger partial charge is 0.0641 e. The molecule has 0 spiro atoms. The van der Waals surface area contributed by atoms with Gasteiger partial charge in [-0.15, -0.1) is 0 Å². The number of hydrogen-bond acceptors (Lipinski definition) is 3. The van der Waals surface area contributed by atoms with Crippen LogP contribution in [0.5, 0.6) is 0 Å². The van der Waals surface area contributed by atoms with E-state index in [1.54, 1.807) is 0 Å². The van der Waals surface area contributed by atoms with E-state index in [0.29, 0.717) is 6.04 Å². The summed E-state index contributed by atoms with van der Waals surface area (Å²) < 4.78 is 2.06. The molecule has 0 atom stereocenters. The molecule has 1 aliphatic carbocycles. The highest BCUT2D eigenvalue weighted by Gasteiger charge is 2.29. The molecule has 17 heavy (non-hydrogen) atoms. The van der Waals surface area contributed by atoms with Crippen LogP contribution in [0.3, 0.4) is 0 Å². The Morgan fingerprint density at radius 3 is 2.59 bits per heavy atom. The van der Waals surface area contributed by atoms with E-state index in [1.807, 2.05) is 0 Å². The second-order valence-corrected chi connectivity index (χ2v) is 4.89. The lowest BCUT2D eigenvalue weighted by atomic mass is 10.2. The Balaban J connectivity index is 2.13. The Bertz CT molecular complexity index is 382. The largest absolute Gasteiger partial charge is 0.395 e. The number of aliphatic hydroxyl groups is 1. The van der Waals surface area contributed by atoms with Crippen molar-refractivity contribution in [2.45, 2.75) is 52.7 Å². The lowest BCUT2D eigenvalue weighted by molar-refractivity contribution is 0.183. The minimum Gasteiger partial charge on any atom is -0.395 e. The molecule has 0 radical (unpaired) electrons. The summed E-state index contributed by atoms with van der Waals surface area (Å²) in [6, 6.07) is 0.686. The zero-order valence-corrected chi connectivity index (χ0v) is 11.1. The van der Waals surface area contributed by atoms with Crippen molar-refractivity contribution >= 4 is 0 Å². The van der Waals surface area contributed by atoms with Crippen molar-refractivity contribution in [1.29, 1.82) is 0 Å². The van der Waals surface area contributed by atoms with Crippen molar-refractivity contribution in [3.63, 3.8) is 0 Å². The van der Waals surface area contributed by atoms with Gasteiger partial charge in [-0.1, -0.05) is 0 Å². The summed E-state index contributed by atoms with van der Waals surface area (Å²) >= 11 is 0. The van der Waals surface area contributed by atoms with Crippen LogP contribution in [0.4, 0.5) is 0 Å². The fourth-order valence-corrected chi connectivity index (χ4v) is 2.43. The fraction of sp³-hybridized carbons (Fsp3) is 0.769. The SMILES string of the molecule is CCn1nc(C)c(CN(CCO)C2CC2)c1C. The Hall–Kier alpha value is -0.870. The van der Waals surface area contributed by atoms with Crippen LogP contribution in [0.15, 0.2) is 0 Å². The van der Waals surface area contributed by atoms with Gasteiger partial charge in [-0.25, -0.2) is 0 Å². The molecule has 4 nitrogen and oxygen atoms in total. The molecule has 1 fully saturated rings. The highest BCUT2D eigenvalue weighted by atomic mass is 16.3. The van der Waals surface area contributed by atoms with Crippen molar-refractivity contribution in [3.05, 3.63) is 17.0 Å². The number of aryl methyl sites for hydroxylation is 2. The Labute approximate surface area is 103 Å². The normalized spacial score (nSPS) is 15.8. The Morgan fingerprint density at radius 2 is 2.12 bits per heavy atom. The molecular weight excluding hydrogens is 214 g/mol. The van der Waals surface area contributed by atoms with E-state index in [1.165, 1.54) is 24.1 Å². The maximum atomic E-state index is 9.12. The average molecular weight is 237 g/mol. The molecule has 0 saturated heterocycles. The first kappa shape index (κ1) is 12.6. The van der Waals surface area contributed by atoms with Crippen LogP contribution in [0.1, 0.15) is 36.7 Å². The van der Waals surface area contributed by atoms with E-state index in [0.717, 1.165) is 25.3 Å². The molecule has 4 heteroatoms. The molecule has 0 bridgehead atoms. The van der Waals surface area contributed by atoms with E-state index in [4.69, 9.17) is 5.11 Å². The molecule has 96 valence electrons. The average Bonchev–Trinajstić information content (AvgIpc) is 3.10. The van der Waals surface area contributed by atoms with Crippen molar-refractivity contribution in [2.75, 3.05) is 13.2 Å². The first-order valence-corrected chi connectivity index (χ1v) is 6.55. The monoisotopic (exact) mass is 237 g/mol. The summed E-state index contributed by atoms with van der Waals surface area (Å²) in [5.41, 5.74) is 3.74. The molecular formula is C13H23N3O. The molecule has 2 rings (SSSR count). The summed E-state index contributed by atoms with van der Waals surface area (Å²) in [6.07, 6.45) is 2.56. The zero-order valence-electron chi connectivity index (χ0n) is 11.1. The lowest BCUT2D eigenvalue weighted by Gasteiger charge is -2.21. The van der Waals surface area contributed by atoms with Gasteiger partial charge in [-0.05, 0) is 33.6 Å². The van der Waals surface area contributed by atoms with E-state index in [2.05, 4.69) is 35.5 Å². The number of nitrogens with zero attached hydrogens (tertiary/aromatic N) is 3. The van der Waals surface area contributed by atoms with E-state index in [9.17, 15) is 0 Å². The predicted octanol–water partition coefficient (Wildman–Crippen LogP) is 1.48. The van der Waals surface area contributed by atoms with Gasteiger partial charge in [0.05, 0.1) is 12.3 Å². The molecule has 1 aromatic rings. The minimum absolute atomic E-state index is 0.247. The van der Waals surface area contributed by atoms with Crippen molar-refractivity contribution in [1.82, 2.24) is 14.7 Å². The standard InChI is InChI=1S/C13H23N3O/c1-4-16-11(3)13(10(2)14-16)9-15(7-8-17)12-5-6-12/h12,17H,4-9H2,1-3H3. The molecule has 1 heterocycles. The molecule has 1 N–H and O–H groups in total. The Morgan fingerprint density at radius 1 is 1.41 bits per heavy atom. The molecule has 0 unspecified atom stereocenters. The van der Waals surface area contributed by atoms with Gasteiger partial charge in [0.1, 0.15) is 0 Å². The van der Waals surface area contributed by atoms with E-state index >= 15 is 0 Å². The van der Waals surface area contributed by atoms with Gasteiger partial charge in [0.15, 0.2) is 0 Å². The van der Waals surface area contributed by atoms with Crippen LogP contribution < -0.4 is 0 Å². The maximum Gasteiger partial charge on any atom is 0.0641 e. The van der Waals surface area contributed by atoms with Crippen molar-refractivity contribution in [3.8, 4) is 0 Å². The molecule has 1 aromatic heterocycles. The van der Waals surface area contributed by atoms with Crippen molar-refractivity contribution < 1.29 is 5.11 Å². The summed E-state index contributed by atoms with van der Waals surface area (Å²) in [5.74, 6) is 0. The third-order valence-electron chi connectivity index (χ3n) is 3.64. The van der Waals surface area contributed by atoms with E-state index < -0.39 is 0 Å². The quantitative estimate of drug-likeness (QED) is 0.814. The topological polar surface area (TPSA) is 41.3 Å². The zero-order chi connectivity index (χ0) is 12.4. The maximum absolute atomic E-state index is 9.12. The number of aliphatic hydroxyl groups excluding tert-OH is 1. The molecule has 0 aromatic carbocycles. The van der Waals surface area contributed by atoms with Gasteiger partial charge < -0.3 is 5.11 Å². The van der Waals surface area contributed by atoms with Crippen molar-refractivity contribution in [2.24, 2.45) is 0 Å². The Kier molecular flexibility index (Phi) is 3.84. The molecule has 0 aliphatic heterocycles. The minimum atomic E-state index is 0.247. The van der Waals surface area contributed by atoms with Crippen LogP contribution in [0.2, 0.25) is 0 Å². The summed E-state index contributed by atoms with van der Waals surface area (Å²) in [6.45, 7) is 9.23. The van der Waals surface area contributed by atoms with Crippen LogP contribution >= 0.6 is 0 Å². The number of rotatable bonds is 6. The van der Waals surface area contributed by atoms with Gasteiger partial charge >= 0.3 is 0 Å². The van der Waals surface area contributed by atoms with Crippen LogP contribution in [-0.4, -0.2) is 39.0 Å². The van der Waals surface area contributed by atoms with Crippen LogP contribution in [0, 0.1) is 13.8 Å². The van der Waals surface area contributed by atoms with Gasteiger partial charge in [-0.2, -0.15) is 5.10 Å². The summed E-state index contributed by atoms with van der Waals surface area (Å²) in [7, 11) is 0. The van der Waals surface area contributed by atoms with Gasteiger partial charge in [0.2, 0.25) is 0 Å². The van der Waals surface area contributed by atoms with E-state index in [-0.39, 0.29) is 6.61 Å². The predicted molar refractivity (Wildman–Crippen MR) is 67.9 cm³/mol. The first-order valence-electron chi connectivity index (χ1n) is 6.55. The number of aromatic nitrogens is 2. The second kappa shape index (κ2) is 5.19.